The Labute approximate surface area is 183 Å². The van der Waals surface area contributed by atoms with Gasteiger partial charge in [0.2, 0.25) is 0 Å². The number of amides is 2. The van der Waals surface area contributed by atoms with E-state index < -0.39 is 0 Å². The van der Waals surface area contributed by atoms with E-state index in [1.54, 1.807) is 12.1 Å². The van der Waals surface area contributed by atoms with Gasteiger partial charge in [0.25, 0.3) is 11.8 Å². The first-order chi connectivity index (χ1) is 15.1. The molecule has 0 fully saturated rings. The van der Waals surface area contributed by atoms with Crippen LogP contribution in [0.25, 0.3) is 11.1 Å². The lowest BCUT2D eigenvalue weighted by Crippen LogP contribution is -2.21. The molecule has 0 spiro atoms. The number of benzene rings is 3. The molecular formula is C25H19N3O2S. The van der Waals surface area contributed by atoms with Gasteiger partial charge in [0, 0.05) is 27.8 Å². The van der Waals surface area contributed by atoms with Crippen LogP contribution in [0, 0.1) is 6.92 Å². The summed E-state index contributed by atoms with van der Waals surface area (Å²) in [6.45, 7) is 2.02. The second-order valence-electron chi connectivity index (χ2n) is 7.43. The zero-order valence-electron chi connectivity index (χ0n) is 16.8. The van der Waals surface area contributed by atoms with Crippen molar-refractivity contribution in [1.29, 1.82) is 0 Å². The van der Waals surface area contributed by atoms with Crippen molar-refractivity contribution < 1.29 is 9.59 Å². The van der Waals surface area contributed by atoms with E-state index in [-0.39, 0.29) is 17.9 Å². The van der Waals surface area contributed by atoms with Crippen LogP contribution in [-0.4, -0.2) is 16.2 Å². The minimum atomic E-state index is -0.316. The average molecular weight is 426 g/mol. The van der Waals surface area contributed by atoms with Crippen molar-refractivity contribution in [2.75, 3.05) is 5.32 Å². The van der Waals surface area contributed by atoms with Gasteiger partial charge in [0.1, 0.15) is 5.69 Å². The molecule has 0 radical (unpaired) electrons. The molecule has 3 aromatic carbocycles. The van der Waals surface area contributed by atoms with Gasteiger partial charge in [-0.25, -0.2) is 0 Å². The lowest BCUT2D eigenvalue weighted by Gasteiger charge is -2.18. The van der Waals surface area contributed by atoms with Crippen molar-refractivity contribution >= 4 is 29.0 Å². The average Bonchev–Trinajstić information content (AvgIpc) is 3.41. The first-order valence-corrected chi connectivity index (χ1v) is 10.8. The number of nitrogens with zero attached hydrogens (tertiary/aromatic N) is 1. The molecule has 1 aliphatic heterocycles. The van der Waals surface area contributed by atoms with E-state index in [1.807, 2.05) is 73.0 Å². The molecule has 2 amide bonds. The lowest BCUT2D eigenvalue weighted by molar-refractivity contribution is 0.0959. The molecule has 0 aliphatic carbocycles. The number of nitrogens with one attached hydrogen (secondary N) is 2. The Morgan fingerprint density at radius 3 is 2.55 bits per heavy atom. The van der Waals surface area contributed by atoms with Crippen LogP contribution in [0.4, 0.5) is 5.69 Å². The number of rotatable bonds is 4. The molecule has 6 heteroatoms. The molecule has 0 saturated carbocycles. The van der Waals surface area contributed by atoms with Crippen LogP contribution in [0.3, 0.4) is 0 Å². The van der Waals surface area contributed by atoms with E-state index in [2.05, 4.69) is 15.0 Å². The van der Waals surface area contributed by atoms with Crippen LogP contribution in [-0.2, 0) is 0 Å². The molecule has 5 rings (SSSR count). The number of carbonyl (C=O) groups excluding carboxylic acids is 2. The van der Waals surface area contributed by atoms with Gasteiger partial charge in [-0.3, -0.25) is 9.59 Å². The smallest absolute Gasteiger partial charge is 0.276 e. The third kappa shape index (κ3) is 3.41. The Morgan fingerprint density at radius 1 is 0.968 bits per heavy atom. The maximum absolute atomic E-state index is 13.2. The highest BCUT2D eigenvalue weighted by Gasteiger charge is 2.33. The van der Waals surface area contributed by atoms with Crippen molar-refractivity contribution in [3.8, 4) is 11.1 Å². The Balaban J connectivity index is 1.53. The number of hydrogen-bond donors (Lipinski definition) is 2. The Bertz CT molecular complexity index is 1300. The zero-order chi connectivity index (χ0) is 21.4. The number of carbonyl (C=O) groups is 2. The number of fused-ring (bicyclic) bond motifs is 1. The summed E-state index contributed by atoms with van der Waals surface area (Å²) < 4.78 is 4.34. The van der Waals surface area contributed by atoms with Gasteiger partial charge in [0.15, 0.2) is 0 Å². The normalized spacial score (nSPS) is 14.7. The monoisotopic (exact) mass is 425 g/mol. The van der Waals surface area contributed by atoms with Crippen molar-refractivity contribution in [3.05, 3.63) is 106 Å². The predicted molar refractivity (Wildman–Crippen MR) is 122 cm³/mol. The van der Waals surface area contributed by atoms with Gasteiger partial charge in [-0.2, -0.15) is 4.37 Å². The van der Waals surface area contributed by atoms with Crippen LogP contribution < -0.4 is 10.6 Å². The molecule has 4 aromatic rings. The third-order valence-corrected chi connectivity index (χ3v) is 6.16. The van der Waals surface area contributed by atoms with Crippen LogP contribution in [0.2, 0.25) is 0 Å². The van der Waals surface area contributed by atoms with Crippen LogP contribution in [0.5, 0.6) is 0 Å². The minimum absolute atomic E-state index is 0.141. The Hall–Kier alpha value is -3.77. The van der Waals surface area contributed by atoms with Crippen molar-refractivity contribution in [1.82, 2.24) is 9.69 Å². The first kappa shape index (κ1) is 19.2. The Kier molecular flexibility index (Phi) is 4.84. The van der Waals surface area contributed by atoms with Crippen molar-refractivity contribution in [2.45, 2.75) is 13.0 Å². The molecular weight excluding hydrogens is 406 g/mol. The molecule has 5 nitrogen and oxygen atoms in total. The first-order valence-electron chi connectivity index (χ1n) is 9.94. The summed E-state index contributed by atoms with van der Waals surface area (Å²) in [6.07, 6.45) is 0. The standard InChI is InChI=1S/C25H19N3O2S/c1-15-8-5-6-11-17(15)22-21-18(24(29)27-22)12-7-13-20(21)26-25(30)23-19(14-31-28-23)16-9-3-2-4-10-16/h2-14,22H,1H3,(H,26,30)(H,27,29). The fraction of sp³-hybridized carbons (Fsp3) is 0.0800. The highest BCUT2D eigenvalue weighted by atomic mass is 32.1. The molecule has 0 bridgehead atoms. The molecule has 1 aliphatic rings. The molecule has 2 N–H and O–H groups in total. The zero-order valence-corrected chi connectivity index (χ0v) is 17.6. The summed E-state index contributed by atoms with van der Waals surface area (Å²) in [5.74, 6) is -0.436. The summed E-state index contributed by atoms with van der Waals surface area (Å²) in [5, 5.41) is 7.94. The highest BCUT2D eigenvalue weighted by Crippen LogP contribution is 2.38. The molecule has 1 atom stereocenters. The molecule has 0 saturated heterocycles. The topological polar surface area (TPSA) is 71.1 Å². The van der Waals surface area contributed by atoms with Gasteiger partial charge < -0.3 is 10.6 Å². The van der Waals surface area contributed by atoms with E-state index in [4.69, 9.17) is 0 Å². The van der Waals surface area contributed by atoms with Gasteiger partial charge in [-0.1, -0.05) is 60.7 Å². The molecule has 152 valence electrons. The van der Waals surface area contributed by atoms with Gasteiger partial charge in [-0.15, -0.1) is 0 Å². The third-order valence-electron chi connectivity index (χ3n) is 5.53. The van der Waals surface area contributed by atoms with E-state index in [1.165, 1.54) is 11.5 Å². The largest absolute Gasteiger partial charge is 0.341 e. The van der Waals surface area contributed by atoms with E-state index in [9.17, 15) is 9.59 Å². The van der Waals surface area contributed by atoms with Crippen molar-refractivity contribution in [2.24, 2.45) is 0 Å². The summed E-state index contributed by atoms with van der Waals surface area (Å²) in [6, 6.07) is 22.7. The maximum Gasteiger partial charge on any atom is 0.276 e. The fourth-order valence-electron chi connectivity index (χ4n) is 4.01. The number of anilines is 1. The molecule has 31 heavy (non-hydrogen) atoms. The lowest BCUT2D eigenvalue weighted by atomic mass is 9.93. The summed E-state index contributed by atoms with van der Waals surface area (Å²) in [5.41, 5.74) is 6.16. The number of aromatic nitrogens is 1. The predicted octanol–water partition coefficient (Wildman–Crippen LogP) is 5.20. The Morgan fingerprint density at radius 2 is 1.74 bits per heavy atom. The van der Waals surface area contributed by atoms with Crippen molar-refractivity contribution in [3.63, 3.8) is 0 Å². The van der Waals surface area contributed by atoms with Gasteiger partial charge in [0.05, 0.1) is 6.04 Å². The molecule has 2 heterocycles. The fourth-order valence-corrected chi connectivity index (χ4v) is 4.71. The summed E-state index contributed by atoms with van der Waals surface area (Å²) in [4.78, 5) is 25.8. The second-order valence-corrected chi connectivity index (χ2v) is 8.06. The number of aryl methyl sites for hydroxylation is 1. The minimum Gasteiger partial charge on any atom is -0.341 e. The molecule has 1 aromatic heterocycles. The SMILES string of the molecule is Cc1ccccc1C1NC(=O)c2cccc(NC(=O)c3nscc3-c3ccccc3)c21. The van der Waals surface area contributed by atoms with Gasteiger partial charge in [-0.05, 0) is 47.3 Å². The van der Waals surface area contributed by atoms with Crippen LogP contribution in [0.1, 0.15) is 43.6 Å². The summed E-state index contributed by atoms with van der Waals surface area (Å²) in [7, 11) is 0. The quantitative estimate of drug-likeness (QED) is 0.472. The maximum atomic E-state index is 13.2. The van der Waals surface area contributed by atoms with E-state index in [0.29, 0.717) is 16.9 Å². The van der Waals surface area contributed by atoms with E-state index >= 15 is 0 Å². The van der Waals surface area contributed by atoms with Gasteiger partial charge >= 0.3 is 0 Å². The van der Waals surface area contributed by atoms with Crippen LogP contribution >= 0.6 is 11.5 Å². The second kappa shape index (κ2) is 7.81. The van der Waals surface area contributed by atoms with Crippen LogP contribution in [0.15, 0.2) is 78.2 Å². The molecule has 1 unspecified atom stereocenters. The number of hydrogen-bond acceptors (Lipinski definition) is 4. The highest BCUT2D eigenvalue weighted by molar-refractivity contribution is 7.04. The van der Waals surface area contributed by atoms with E-state index in [0.717, 1.165) is 27.8 Å². The summed E-state index contributed by atoms with van der Waals surface area (Å²) >= 11 is 1.25.